The van der Waals surface area contributed by atoms with Crippen LogP contribution in [-0.2, 0) is 0 Å². The first-order valence-corrected chi connectivity index (χ1v) is 7.50. The monoisotopic (exact) mass is 295 g/mol. The lowest BCUT2D eigenvalue weighted by atomic mass is 9.89. The maximum Gasteiger partial charge on any atom is 0.0210 e. The molecule has 17 heavy (non-hydrogen) atoms. The smallest absolute Gasteiger partial charge is 0.0210 e. The zero-order chi connectivity index (χ0) is 12.3. The van der Waals surface area contributed by atoms with E-state index in [2.05, 4.69) is 58.9 Å². The quantitative estimate of drug-likeness (QED) is 0.797. The zero-order valence-corrected chi connectivity index (χ0v) is 12.4. The van der Waals surface area contributed by atoms with Gasteiger partial charge in [-0.15, -0.1) is 0 Å². The molecule has 0 spiro atoms. The van der Waals surface area contributed by atoms with Crippen molar-refractivity contribution in [2.24, 2.45) is 0 Å². The number of nitrogens with zero attached hydrogens (tertiary/aromatic N) is 1. The van der Waals surface area contributed by atoms with Gasteiger partial charge in [-0.1, -0.05) is 41.1 Å². The Balaban J connectivity index is 1.98. The summed E-state index contributed by atoms with van der Waals surface area (Å²) in [7, 11) is 0. The van der Waals surface area contributed by atoms with Gasteiger partial charge in [-0.2, -0.15) is 0 Å². The average Bonchev–Trinajstić information content (AvgIpc) is 2.39. The minimum Gasteiger partial charge on any atom is -0.301 e. The van der Waals surface area contributed by atoms with Crippen LogP contribution >= 0.6 is 15.9 Å². The molecule has 1 aromatic carbocycles. The van der Waals surface area contributed by atoms with Crippen molar-refractivity contribution in [1.29, 1.82) is 0 Å². The van der Waals surface area contributed by atoms with Crippen molar-refractivity contribution in [3.05, 3.63) is 34.3 Å². The number of hydrogen-bond acceptors (Lipinski definition) is 1. The number of hydrogen-bond donors (Lipinski definition) is 0. The summed E-state index contributed by atoms with van der Waals surface area (Å²) >= 11 is 3.68. The summed E-state index contributed by atoms with van der Waals surface area (Å²) in [5.41, 5.74) is 1.50. The highest BCUT2D eigenvalue weighted by atomic mass is 79.9. The van der Waals surface area contributed by atoms with Crippen LogP contribution in [0.25, 0.3) is 0 Å². The maximum absolute atomic E-state index is 3.68. The fraction of sp³-hybridized carbons (Fsp3) is 0.600. The van der Waals surface area contributed by atoms with Gasteiger partial charge in [0.25, 0.3) is 0 Å². The number of benzene rings is 1. The second-order valence-electron chi connectivity index (χ2n) is 5.09. The van der Waals surface area contributed by atoms with Crippen molar-refractivity contribution in [2.75, 3.05) is 13.1 Å². The Morgan fingerprint density at radius 3 is 2.53 bits per heavy atom. The predicted molar refractivity (Wildman–Crippen MR) is 77.4 cm³/mol. The molecule has 0 radical (unpaired) electrons. The molecule has 1 aliphatic heterocycles. The van der Waals surface area contributed by atoms with E-state index in [4.69, 9.17) is 0 Å². The van der Waals surface area contributed by atoms with E-state index in [1.54, 1.807) is 0 Å². The summed E-state index contributed by atoms with van der Waals surface area (Å²) in [6, 6.07) is 9.43. The standard InChI is InChI=1S/C15H22BrN/c1-3-12(2)17-10-8-13(9-11-17)14-6-4-5-7-15(14)16/h4-7,12-13H,3,8-11H2,1-2H3. The van der Waals surface area contributed by atoms with E-state index in [9.17, 15) is 0 Å². The second kappa shape index (κ2) is 6.01. The molecule has 1 saturated heterocycles. The van der Waals surface area contributed by atoms with Crippen LogP contribution in [0.4, 0.5) is 0 Å². The minimum atomic E-state index is 0.742. The lowest BCUT2D eigenvalue weighted by Crippen LogP contribution is -2.39. The van der Waals surface area contributed by atoms with E-state index < -0.39 is 0 Å². The SMILES string of the molecule is CCC(C)N1CCC(c2ccccc2Br)CC1. The first kappa shape index (κ1) is 13.1. The van der Waals surface area contributed by atoms with Gasteiger partial charge in [0.05, 0.1) is 0 Å². The lowest BCUT2D eigenvalue weighted by molar-refractivity contribution is 0.158. The summed E-state index contributed by atoms with van der Waals surface area (Å²) in [4.78, 5) is 2.63. The van der Waals surface area contributed by atoms with Crippen LogP contribution in [-0.4, -0.2) is 24.0 Å². The summed E-state index contributed by atoms with van der Waals surface area (Å²) in [6.45, 7) is 7.13. The topological polar surface area (TPSA) is 3.24 Å². The van der Waals surface area contributed by atoms with Crippen molar-refractivity contribution in [1.82, 2.24) is 4.90 Å². The van der Waals surface area contributed by atoms with Crippen molar-refractivity contribution >= 4 is 15.9 Å². The van der Waals surface area contributed by atoms with Gasteiger partial charge in [0, 0.05) is 10.5 Å². The largest absolute Gasteiger partial charge is 0.301 e. The van der Waals surface area contributed by atoms with E-state index in [0.717, 1.165) is 12.0 Å². The first-order valence-electron chi connectivity index (χ1n) is 6.70. The van der Waals surface area contributed by atoms with Crippen molar-refractivity contribution in [3.63, 3.8) is 0 Å². The van der Waals surface area contributed by atoms with Gasteiger partial charge in [0.1, 0.15) is 0 Å². The summed E-state index contributed by atoms with van der Waals surface area (Å²) in [5.74, 6) is 0.742. The van der Waals surface area contributed by atoms with E-state index in [-0.39, 0.29) is 0 Å². The summed E-state index contributed by atoms with van der Waals surface area (Å²) in [6.07, 6.45) is 3.86. The van der Waals surface area contributed by atoms with Gasteiger partial charge in [0.15, 0.2) is 0 Å². The highest BCUT2D eigenvalue weighted by Gasteiger charge is 2.23. The number of rotatable bonds is 3. The molecule has 1 atom stereocenters. The fourth-order valence-corrected chi connectivity index (χ4v) is 3.32. The first-order chi connectivity index (χ1) is 8.22. The Bertz CT molecular complexity index is 356. The molecular formula is C15H22BrN. The normalized spacial score (nSPS) is 20.4. The van der Waals surface area contributed by atoms with Gasteiger partial charge in [-0.3, -0.25) is 0 Å². The van der Waals surface area contributed by atoms with E-state index >= 15 is 0 Å². The Kier molecular flexibility index (Phi) is 4.63. The molecule has 1 nitrogen and oxygen atoms in total. The van der Waals surface area contributed by atoms with E-state index in [1.165, 1.54) is 42.4 Å². The Morgan fingerprint density at radius 1 is 1.29 bits per heavy atom. The highest BCUT2D eigenvalue weighted by molar-refractivity contribution is 9.10. The maximum atomic E-state index is 3.68. The molecular weight excluding hydrogens is 274 g/mol. The molecule has 1 unspecified atom stereocenters. The van der Waals surface area contributed by atoms with E-state index in [1.807, 2.05) is 0 Å². The Labute approximate surface area is 113 Å². The molecule has 2 rings (SSSR count). The third-order valence-electron chi connectivity index (χ3n) is 4.09. The second-order valence-corrected chi connectivity index (χ2v) is 5.94. The van der Waals surface area contributed by atoms with Crippen molar-refractivity contribution in [3.8, 4) is 0 Å². The molecule has 1 fully saturated rings. The van der Waals surface area contributed by atoms with Gasteiger partial charge >= 0.3 is 0 Å². The molecule has 0 bridgehead atoms. The van der Waals surface area contributed by atoms with Gasteiger partial charge in [-0.05, 0) is 56.8 Å². The van der Waals surface area contributed by atoms with Crippen LogP contribution in [0, 0.1) is 0 Å². The summed E-state index contributed by atoms with van der Waals surface area (Å²) in [5, 5.41) is 0. The highest BCUT2D eigenvalue weighted by Crippen LogP contribution is 2.33. The molecule has 1 aliphatic rings. The van der Waals surface area contributed by atoms with Crippen LogP contribution in [0.15, 0.2) is 28.7 Å². The molecule has 0 N–H and O–H groups in total. The molecule has 2 heteroatoms. The van der Waals surface area contributed by atoms with Crippen LogP contribution in [0.1, 0.15) is 44.6 Å². The molecule has 1 aromatic rings. The van der Waals surface area contributed by atoms with Crippen LogP contribution in [0.3, 0.4) is 0 Å². The van der Waals surface area contributed by atoms with Gasteiger partial charge in [-0.25, -0.2) is 0 Å². The van der Waals surface area contributed by atoms with Crippen LogP contribution < -0.4 is 0 Å². The van der Waals surface area contributed by atoms with Gasteiger partial charge < -0.3 is 4.90 Å². The molecule has 0 aliphatic carbocycles. The molecule has 0 saturated carbocycles. The number of likely N-dealkylation sites (tertiary alicyclic amines) is 1. The predicted octanol–water partition coefficient (Wildman–Crippen LogP) is 4.43. The fourth-order valence-electron chi connectivity index (χ4n) is 2.72. The molecule has 0 aromatic heterocycles. The van der Waals surface area contributed by atoms with Crippen LogP contribution in [0.2, 0.25) is 0 Å². The van der Waals surface area contributed by atoms with Crippen molar-refractivity contribution in [2.45, 2.75) is 45.1 Å². The minimum absolute atomic E-state index is 0.742. The number of piperidine rings is 1. The Morgan fingerprint density at radius 2 is 1.94 bits per heavy atom. The van der Waals surface area contributed by atoms with Crippen LogP contribution in [0.5, 0.6) is 0 Å². The molecule has 0 amide bonds. The van der Waals surface area contributed by atoms with E-state index in [0.29, 0.717) is 0 Å². The average molecular weight is 296 g/mol. The van der Waals surface area contributed by atoms with Gasteiger partial charge in [0.2, 0.25) is 0 Å². The Hall–Kier alpha value is -0.340. The van der Waals surface area contributed by atoms with Crippen molar-refractivity contribution < 1.29 is 0 Å². The third kappa shape index (κ3) is 3.11. The summed E-state index contributed by atoms with van der Waals surface area (Å²) < 4.78 is 1.28. The molecule has 94 valence electrons. The lowest BCUT2D eigenvalue weighted by Gasteiger charge is -2.36. The number of halogens is 1. The third-order valence-corrected chi connectivity index (χ3v) is 4.81. The molecule has 1 heterocycles. The zero-order valence-electron chi connectivity index (χ0n) is 10.8.